The Morgan fingerprint density at radius 2 is 1.06 bits per heavy atom. The Bertz CT molecular complexity index is 1140. The van der Waals surface area contributed by atoms with Crippen LogP contribution < -0.4 is 0 Å². The highest BCUT2D eigenvalue weighted by atomic mass is 16.3. The van der Waals surface area contributed by atoms with Crippen molar-refractivity contribution in [3.63, 3.8) is 0 Å². The second-order valence-electron chi connectivity index (χ2n) is 8.68. The number of aryl methyl sites for hydroxylation is 4. The van der Waals surface area contributed by atoms with Crippen molar-refractivity contribution >= 4 is 21.8 Å². The molecule has 0 aliphatic carbocycles. The Morgan fingerprint density at radius 3 is 1.47 bits per heavy atom. The van der Waals surface area contributed by atoms with Crippen molar-refractivity contribution in [1.29, 1.82) is 0 Å². The molecule has 0 aliphatic heterocycles. The van der Waals surface area contributed by atoms with Crippen LogP contribution in [-0.4, -0.2) is 20.2 Å². The maximum absolute atomic E-state index is 10.8. The molecule has 32 heavy (non-hydrogen) atoms. The number of hydrogen-bond donors (Lipinski definition) is 2. The highest BCUT2D eigenvalue weighted by Crippen LogP contribution is 2.32. The van der Waals surface area contributed by atoms with E-state index in [4.69, 9.17) is 0 Å². The van der Waals surface area contributed by atoms with Gasteiger partial charge in [-0.1, -0.05) is 51.0 Å². The third-order valence-electron chi connectivity index (χ3n) is 6.23. The number of rotatable bonds is 9. The lowest BCUT2D eigenvalue weighted by Crippen LogP contribution is -1.96. The summed E-state index contributed by atoms with van der Waals surface area (Å²) in [6, 6.07) is 12.3. The molecule has 2 N–H and O–H groups in total. The van der Waals surface area contributed by atoms with Crippen LogP contribution in [0.3, 0.4) is 0 Å². The van der Waals surface area contributed by atoms with Crippen LogP contribution in [0.2, 0.25) is 0 Å². The van der Waals surface area contributed by atoms with Gasteiger partial charge < -0.3 is 10.2 Å². The summed E-state index contributed by atoms with van der Waals surface area (Å²) in [4.78, 5) is 9.06. The zero-order chi connectivity index (χ0) is 22.5. The van der Waals surface area contributed by atoms with Gasteiger partial charge in [-0.15, -0.1) is 0 Å². The fourth-order valence-electron chi connectivity index (χ4n) is 4.26. The third-order valence-corrected chi connectivity index (χ3v) is 6.23. The Morgan fingerprint density at radius 1 is 0.625 bits per heavy atom. The van der Waals surface area contributed by atoms with E-state index in [-0.39, 0.29) is 11.5 Å². The molecule has 0 saturated carbocycles. The number of nitrogens with zero attached hydrogens (tertiary/aromatic N) is 2. The molecule has 0 saturated heterocycles. The van der Waals surface area contributed by atoms with Crippen LogP contribution in [0.1, 0.15) is 61.8 Å². The third kappa shape index (κ3) is 4.69. The molecule has 0 bridgehead atoms. The van der Waals surface area contributed by atoms with Gasteiger partial charge in [-0.25, -0.2) is 0 Å². The van der Waals surface area contributed by atoms with Crippen LogP contribution >= 0.6 is 0 Å². The van der Waals surface area contributed by atoms with Gasteiger partial charge in [-0.05, 0) is 72.9 Å². The minimum atomic E-state index is 0.239. The first kappa shape index (κ1) is 22.1. The van der Waals surface area contributed by atoms with Crippen molar-refractivity contribution in [3.8, 4) is 11.5 Å². The van der Waals surface area contributed by atoms with Crippen LogP contribution in [-0.2, 0) is 25.7 Å². The monoisotopic (exact) mass is 428 g/mol. The first-order chi connectivity index (χ1) is 15.6. The summed E-state index contributed by atoms with van der Waals surface area (Å²) < 4.78 is 0. The molecule has 0 aliphatic rings. The maximum atomic E-state index is 10.8. The van der Waals surface area contributed by atoms with Gasteiger partial charge >= 0.3 is 0 Å². The molecular weight excluding hydrogens is 396 g/mol. The largest absolute Gasteiger partial charge is 0.505 e. The number of fused-ring (bicyclic) bond motifs is 2. The van der Waals surface area contributed by atoms with Gasteiger partial charge in [0.25, 0.3) is 0 Å². The average Bonchev–Trinajstić information content (AvgIpc) is 2.82. The van der Waals surface area contributed by atoms with E-state index < -0.39 is 0 Å². The maximum Gasteiger partial charge on any atom is 0.144 e. The number of aromatic nitrogens is 2. The minimum Gasteiger partial charge on any atom is -0.505 e. The second-order valence-corrected chi connectivity index (χ2v) is 8.68. The topological polar surface area (TPSA) is 66.2 Å². The van der Waals surface area contributed by atoms with E-state index in [0.717, 1.165) is 60.4 Å². The quantitative estimate of drug-likeness (QED) is 0.313. The SMILES string of the molecule is CCCCc1cnc2c(O)c(CCc3ccc4cc(CCCC)cnc4c3O)ccc2c1. The van der Waals surface area contributed by atoms with Crippen molar-refractivity contribution in [2.45, 2.75) is 65.2 Å². The Kier molecular flexibility index (Phi) is 6.89. The van der Waals surface area contributed by atoms with Crippen LogP contribution in [0, 0.1) is 0 Å². The van der Waals surface area contributed by atoms with Gasteiger partial charge in [0.15, 0.2) is 0 Å². The van der Waals surface area contributed by atoms with Crippen LogP contribution in [0.15, 0.2) is 48.8 Å². The van der Waals surface area contributed by atoms with E-state index in [1.807, 2.05) is 36.7 Å². The first-order valence-corrected chi connectivity index (χ1v) is 11.8. The number of hydrogen-bond acceptors (Lipinski definition) is 4. The lowest BCUT2D eigenvalue weighted by atomic mass is 9.99. The van der Waals surface area contributed by atoms with Gasteiger partial charge in [-0.2, -0.15) is 0 Å². The molecule has 166 valence electrons. The van der Waals surface area contributed by atoms with Crippen molar-refractivity contribution in [1.82, 2.24) is 9.97 Å². The van der Waals surface area contributed by atoms with E-state index in [1.165, 1.54) is 11.1 Å². The van der Waals surface area contributed by atoms with Gasteiger partial charge in [0, 0.05) is 23.2 Å². The van der Waals surface area contributed by atoms with E-state index in [0.29, 0.717) is 23.9 Å². The number of unbranched alkanes of at least 4 members (excludes halogenated alkanes) is 2. The molecule has 2 aromatic heterocycles. The van der Waals surface area contributed by atoms with Crippen molar-refractivity contribution < 1.29 is 10.2 Å². The molecule has 0 fully saturated rings. The zero-order valence-corrected chi connectivity index (χ0v) is 19.1. The fourth-order valence-corrected chi connectivity index (χ4v) is 4.26. The van der Waals surface area contributed by atoms with Crippen molar-refractivity contribution in [2.75, 3.05) is 0 Å². The molecule has 0 amide bonds. The van der Waals surface area contributed by atoms with Gasteiger partial charge in [-0.3, -0.25) is 9.97 Å². The van der Waals surface area contributed by atoms with E-state index >= 15 is 0 Å². The molecule has 4 nitrogen and oxygen atoms in total. The molecule has 2 heterocycles. The molecular formula is C28H32N2O2. The van der Waals surface area contributed by atoms with Crippen LogP contribution in [0.25, 0.3) is 21.8 Å². The smallest absolute Gasteiger partial charge is 0.144 e. The van der Waals surface area contributed by atoms with E-state index in [9.17, 15) is 10.2 Å². The Labute approximate surface area is 190 Å². The van der Waals surface area contributed by atoms with Crippen molar-refractivity contribution in [3.05, 3.63) is 71.0 Å². The molecule has 4 rings (SSSR count). The fraction of sp³-hybridized carbons (Fsp3) is 0.357. The Hall–Kier alpha value is -3.14. The summed E-state index contributed by atoms with van der Waals surface area (Å²) in [6.45, 7) is 4.36. The summed E-state index contributed by atoms with van der Waals surface area (Å²) in [5, 5.41) is 23.5. The summed E-state index contributed by atoms with van der Waals surface area (Å²) >= 11 is 0. The summed E-state index contributed by atoms with van der Waals surface area (Å²) in [7, 11) is 0. The molecule has 4 heteroatoms. The number of phenolic OH excluding ortho intramolecular Hbond substituents is 2. The van der Waals surface area contributed by atoms with Crippen molar-refractivity contribution in [2.24, 2.45) is 0 Å². The highest BCUT2D eigenvalue weighted by Gasteiger charge is 2.12. The molecule has 0 unspecified atom stereocenters. The molecule has 4 aromatic rings. The second kappa shape index (κ2) is 9.99. The standard InChI is InChI=1S/C28H32N2O2/c1-3-5-7-19-15-23-13-11-21(27(31)25(23)29-17-19)9-10-22-12-14-24-16-20(8-6-4-2)18-30-26(24)28(22)32/h11-18,31-32H,3-10H2,1-2H3. The van der Waals surface area contributed by atoms with Gasteiger partial charge in [0.2, 0.25) is 0 Å². The summed E-state index contributed by atoms with van der Waals surface area (Å²) in [5.41, 5.74) is 5.39. The van der Waals surface area contributed by atoms with E-state index in [1.54, 1.807) is 0 Å². The lowest BCUT2D eigenvalue weighted by molar-refractivity contribution is 0.467. The predicted molar refractivity (Wildman–Crippen MR) is 131 cm³/mol. The van der Waals surface area contributed by atoms with Crippen LogP contribution in [0.5, 0.6) is 11.5 Å². The van der Waals surface area contributed by atoms with Gasteiger partial charge in [0.05, 0.1) is 0 Å². The summed E-state index contributed by atoms with van der Waals surface area (Å²) in [5.74, 6) is 0.479. The minimum absolute atomic E-state index is 0.239. The average molecular weight is 429 g/mol. The predicted octanol–water partition coefficient (Wildman–Crippen LogP) is 6.66. The lowest BCUT2D eigenvalue weighted by Gasteiger charge is -2.11. The van der Waals surface area contributed by atoms with E-state index in [2.05, 4.69) is 35.9 Å². The number of pyridine rings is 2. The molecule has 0 atom stereocenters. The molecule has 0 spiro atoms. The normalized spacial score (nSPS) is 11.4. The molecule has 2 aromatic carbocycles. The number of aromatic hydroxyl groups is 2. The number of phenols is 2. The molecule has 0 radical (unpaired) electrons. The number of benzene rings is 2. The zero-order valence-electron chi connectivity index (χ0n) is 19.1. The highest BCUT2D eigenvalue weighted by molar-refractivity contribution is 5.87. The van der Waals surface area contributed by atoms with Crippen LogP contribution in [0.4, 0.5) is 0 Å². The Balaban J connectivity index is 1.53. The summed E-state index contributed by atoms with van der Waals surface area (Å²) in [6.07, 6.45) is 11.6. The first-order valence-electron chi connectivity index (χ1n) is 11.8. The van der Waals surface area contributed by atoms with Gasteiger partial charge in [0.1, 0.15) is 22.5 Å².